The minimum Gasteiger partial charge on any atom is -0.358 e. The van der Waals surface area contributed by atoms with Gasteiger partial charge in [-0.1, -0.05) is 54.1 Å². The minimum absolute atomic E-state index is 0.0739. The molecule has 128 valence electrons. The highest BCUT2D eigenvalue weighted by molar-refractivity contribution is 6.30. The van der Waals surface area contributed by atoms with Gasteiger partial charge in [0.2, 0.25) is 5.91 Å². The van der Waals surface area contributed by atoms with Gasteiger partial charge in [0.15, 0.2) is 0 Å². The first-order chi connectivity index (χ1) is 12.2. The largest absolute Gasteiger partial charge is 0.358 e. The van der Waals surface area contributed by atoms with Gasteiger partial charge in [-0.3, -0.25) is 4.79 Å². The van der Waals surface area contributed by atoms with Crippen molar-refractivity contribution in [3.05, 3.63) is 83.0 Å². The summed E-state index contributed by atoms with van der Waals surface area (Å²) < 4.78 is 0. The predicted molar refractivity (Wildman–Crippen MR) is 103 cm³/mol. The van der Waals surface area contributed by atoms with Crippen molar-refractivity contribution < 1.29 is 4.79 Å². The SMILES string of the molecule is O=C(CCc1ccc(-c2ccccc2)[nH]1)NCCc1ccc(Cl)cc1. The van der Waals surface area contributed by atoms with Gasteiger partial charge in [0, 0.05) is 29.4 Å². The molecule has 3 nitrogen and oxygen atoms in total. The molecule has 4 heteroatoms. The van der Waals surface area contributed by atoms with Crippen LogP contribution < -0.4 is 5.32 Å². The molecule has 0 unspecified atom stereocenters. The van der Waals surface area contributed by atoms with E-state index in [1.807, 2.05) is 48.5 Å². The second kappa shape index (κ2) is 8.54. The third-order valence-electron chi connectivity index (χ3n) is 4.10. The molecular weight excluding hydrogens is 332 g/mol. The fraction of sp³-hybridized carbons (Fsp3) is 0.190. The first-order valence-corrected chi connectivity index (χ1v) is 8.83. The van der Waals surface area contributed by atoms with Crippen LogP contribution >= 0.6 is 11.6 Å². The maximum absolute atomic E-state index is 12.0. The zero-order valence-corrected chi connectivity index (χ0v) is 14.7. The van der Waals surface area contributed by atoms with E-state index >= 15 is 0 Å². The van der Waals surface area contributed by atoms with Crippen LogP contribution in [0.15, 0.2) is 66.7 Å². The lowest BCUT2D eigenvalue weighted by molar-refractivity contribution is -0.121. The molecule has 0 saturated heterocycles. The smallest absolute Gasteiger partial charge is 0.220 e. The fourth-order valence-corrected chi connectivity index (χ4v) is 2.83. The maximum Gasteiger partial charge on any atom is 0.220 e. The molecule has 0 aliphatic carbocycles. The van der Waals surface area contributed by atoms with E-state index in [9.17, 15) is 4.79 Å². The van der Waals surface area contributed by atoms with Crippen LogP contribution in [0.25, 0.3) is 11.3 Å². The Morgan fingerprint density at radius 2 is 1.68 bits per heavy atom. The molecule has 1 heterocycles. The monoisotopic (exact) mass is 352 g/mol. The van der Waals surface area contributed by atoms with Gasteiger partial charge in [0.05, 0.1) is 0 Å². The van der Waals surface area contributed by atoms with Gasteiger partial charge < -0.3 is 10.3 Å². The first kappa shape index (κ1) is 17.3. The summed E-state index contributed by atoms with van der Waals surface area (Å²) in [6.45, 7) is 0.639. The summed E-state index contributed by atoms with van der Waals surface area (Å²) in [7, 11) is 0. The van der Waals surface area contributed by atoms with Crippen molar-refractivity contribution in [2.75, 3.05) is 6.54 Å². The molecule has 3 aromatic rings. The van der Waals surface area contributed by atoms with Crippen LogP contribution in [0.4, 0.5) is 0 Å². The Bertz CT molecular complexity index is 809. The average Bonchev–Trinajstić information content (AvgIpc) is 3.11. The van der Waals surface area contributed by atoms with E-state index in [1.54, 1.807) is 0 Å². The molecule has 2 N–H and O–H groups in total. The summed E-state index contributed by atoms with van der Waals surface area (Å²) in [5, 5.41) is 3.70. The van der Waals surface area contributed by atoms with E-state index in [1.165, 1.54) is 5.56 Å². The van der Waals surface area contributed by atoms with Crippen LogP contribution in [-0.4, -0.2) is 17.4 Å². The van der Waals surface area contributed by atoms with Crippen molar-refractivity contribution in [1.82, 2.24) is 10.3 Å². The molecule has 2 aromatic carbocycles. The zero-order chi connectivity index (χ0) is 17.5. The predicted octanol–water partition coefficient (Wildman–Crippen LogP) is 4.63. The van der Waals surface area contributed by atoms with Gasteiger partial charge in [-0.05, 0) is 48.2 Å². The Morgan fingerprint density at radius 3 is 2.44 bits per heavy atom. The van der Waals surface area contributed by atoms with Crippen molar-refractivity contribution in [2.24, 2.45) is 0 Å². The van der Waals surface area contributed by atoms with Crippen molar-refractivity contribution in [3.63, 3.8) is 0 Å². The molecule has 0 aliphatic rings. The molecule has 0 spiro atoms. The number of hydrogen-bond donors (Lipinski definition) is 2. The number of benzene rings is 2. The Kier molecular flexibility index (Phi) is 5.91. The summed E-state index contributed by atoms with van der Waals surface area (Å²) in [6.07, 6.45) is 2.00. The van der Waals surface area contributed by atoms with Crippen LogP contribution in [0.3, 0.4) is 0 Å². The number of aromatic nitrogens is 1. The standard InChI is InChI=1S/C21H21ClN2O/c22-18-8-6-16(7-9-18)14-15-23-21(25)13-11-19-10-12-20(24-19)17-4-2-1-3-5-17/h1-10,12,24H,11,13-15H2,(H,23,25). The van der Waals surface area contributed by atoms with Gasteiger partial charge >= 0.3 is 0 Å². The Labute approximate surface area is 153 Å². The molecule has 0 radical (unpaired) electrons. The summed E-state index contributed by atoms with van der Waals surface area (Å²) in [5.74, 6) is 0.0739. The summed E-state index contributed by atoms with van der Waals surface area (Å²) >= 11 is 5.86. The topological polar surface area (TPSA) is 44.9 Å². The van der Waals surface area contributed by atoms with E-state index in [0.717, 1.165) is 28.4 Å². The van der Waals surface area contributed by atoms with E-state index in [-0.39, 0.29) is 5.91 Å². The number of amides is 1. The number of carbonyl (C=O) groups excluding carboxylic acids is 1. The normalized spacial score (nSPS) is 10.6. The molecule has 3 rings (SSSR count). The number of halogens is 1. The molecule has 1 aromatic heterocycles. The van der Waals surface area contributed by atoms with E-state index in [2.05, 4.69) is 28.5 Å². The molecule has 0 atom stereocenters. The number of carbonyl (C=O) groups is 1. The van der Waals surface area contributed by atoms with E-state index in [4.69, 9.17) is 11.6 Å². The van der Waals surface area contributed by atoms with E-state index < -0.39 is 0 Å². The molecule has 0 saturated carbocycles. The number of aromatic amines is 1. The second-order valence-corrected chi connectivity index (χ2v) is 6.43. The molecule has 25 heavy (non-hydrogen) atoms. The number of H-pyrrole nitrogens is 1. The zero-order valence-electron chi connectivity index (χ0n) is 14.0. The molecule has 1 amide bonds. The van der Waals surface area contributed by atoms with E-state index in [0.29, 0.717) is 19.4 Å². The van der Waals surface area contributed by atoms with Crippen molar-refractivity contribution >= 4 is 17.5 Å². The number of hydrogen-bond acceptors (Lipinski definition) is 1. The van der Waals surface area contributed by atoms with Crippen LogP contribution in [0.5, 0.6) is 0 Å². The second-order valence-electron chi connectivity index (χ2n) is 5.99. The third-order valence-corrected chi connectivity index (χ3v) is 4.35. The fourth-order valence-electron chi connectivity index (χ4n) is 2.71. The Balaban J connectivity index is 1.42. The number of rotatable bonds is 7. The minimum atomic E-state index is 0.0739. The third kappa shape index (κ3) is 5.23. The summed E-state index contributed by atoms with van der Waals surface area (Å²) in [5.41, 5.74) is 4.48. The van der Waals surface area contributed by atoms with Crippen molar-refractivity contribution in [1.29, 1.82) is 0 Å². The van der Waals surface area contributed by atoms with Gasteiger partial charge in [-0.2, -0.15) is 0 Å². The molecule has 0 fully saturated rings. The lowest BCUT2D eigenvalue weighted by Gasteiger charge is -2.05. The van der Waals surface area contributed by atoms with Crippen molar-refractivity contribution in [3.8, 4) is 11.3 Å². The highest BCUT2D eigenvalue weighted by Gasteiger charge is 2.05. The number of aryl methyl sites for hydroxylation is 1. The van der Waals surface area contributed by atoms with Crippen LogP contribution in [0, 0.1) is 0 Å². The van der Waals surface area contributed by atoms with Gasteiger partial charge in [0.25, 0.3) is 0 Å². The number of nitrogens with one attached hydrogen (secondary N) is 2. The average molecular weight is 353 g/mol. The molecule has 0 aliphatic heterocycles. The Hall–Kier alpha value is -2.52. The van der Waals surface area contributed by atoms with Gasteiger partial charge in [-0.25, -0.2) is 0 Å². The lowest BCUT2D eigenvalue weighted by atomic mass is 10.1. The van der Waals surface area contributed by atoms with Crippen LogP contribution in [0.1, 0.15) is 17.7 Å². The highest BCUT2D eigenvalue weighted by atomic mass is 35.5. The van der Waals surface area contributed by atoms with Crippen molar-refractivity contribution in [2.45, 2.75) is 19.3 Å². The molecule has 0 bridgehead atoms. The Morgan fingerprint density at radius 1 is 0.920 bits per heavy atom. The quantitative estimate of drug-likeness (QED) is 0.640. The van der Waals surface area contributed by atoms with Crippen LogP contribution in [-0.2, 0) is 17.6 Å². The lowest BCUT2D eigenvalue weighted by Crippen LogP contribution is -2.25. The summed E-state index contributed by atoms with van der Waals surface area (Å²) in [4.78, 5) is 15.4. The molecular formula is C21H21ClN2O. The maximum atomic E-state index is 12.0. The summed E-state index contributed by atoms with van der Waals surface area (Å²) in [6, 6.07) is 22.0. The van der Waals surface area contributed by atoms with Gasteiger partial charge in [-0.15, -0.1) is 0 Å². The highest BCUT2D eigenvalue weighted by Crippen LogP contribution is 2.18. The first-order valence-electron chi connectivity index (χ1n) is 8.45. The van der Waals surface area contributed by atoms with Crippen LogP contribution in [0.2, 0.25) is 5.02 Å². The van der Waals surface area contributed by atoms with Gasteiger partial charge in [0.1, 0.15) is 0 Å².